The molecule has 0 fully saturated rings. The number of fused-ring (bicyclic) bond motifs is 1. The van der Waals surface area contributed by atoms with Gasteiger partial charge in [-0.1, -0.05) is 0 Å². The smallest absolute Gasteiger partial charge is 0.179 e. The van der Waals surface area contributed by atoms with Crippen molar-refractivity contribution in [3.63, 3.8) is 0 Å². The number of ketones is 1. The molecule has 1 atom stereocenters. The maximum absolute atomic E-state index is 12.5. The molecule has 1 aliphatic rings. The first kappa shape index (κ1) is 16.8. The highest BCUT2D eigenvalue weighted by Crippen LogP contribution is 2.33. The molecule has 2 N–H and O–H groups in total. The third-order valence-electron chi connectivity index (χ3n) is 3.76. The van der Waals surface area contributed by atoms with Crippen molar-refractivity contribution >= 4 is 11.5 Å². The van der Waals surface area contributed by atoms with Gasteiger partial charge in [-0.3, -0.25) is 4.79 Å². The Hall–Kier alpha value is -1.59. The highest BCUT2D eigenvalue weighted by molar-refractivity contribution is 6.01. The first-order valence-corrected chi connectivity index (χ1v) is 7.78. The monoisotopic (exact) mass is 305 g/mol. The number of carbonyl (C=O) groups excluding carboxylic acids is 1. The minimum absolute atomic E-state index is 0.105. The molecule has 5 nitrogen and oxygen atoms in total. The number of Topliss-reactive ketones (excluding diaryl/α,β-unsaturated/α-hetero) is 1. The van der Waals surface area contributed by atoms with Gasteiger partial charge in [-0.2, -0.15) is 0 Å². The zero-order chi connectivity index (χ0) is 16.3. The van der Waals surface area contributed by atoms with Gasteiger partial charge in [0, 0.05) is 18.7 Å². The average molecular weight is 305 g/mol. The van der Waals surface area contributed by atoms with Crippen LogP contribution in [0.25, 0.3) is 0 Å². The van der Waals surface area contributed by atoms with Crippen LogP contribution in [0.5, 0.6) is 5.75 Å². The van der Waals surface area contributed by atoms with Crippen LogP contribution >= 0.6 is 0 Å². The van der Waals surface area contributed by atoms with Crippen molar-refractivity contribution in [1.82, 2.24) is 10.2 Å². The van der Waals surface area contributed by atoms with Crippen LogP contribution in [-0.2, 0) is 0 Å². The number of ether oxygens (including phenoxy) is 1. The molecule has 0 amide bonds. The molecule has 22 heavy (non-hydrogen) atoms. The van der Waals surface area contributed by atoms with Crippen molar-refractivity contribution in [2.45, 2.75) is 32.4 Å². The highest BCUT2D eigenvalue weighted by atomic mass is 16.5. The maximum atomic E-state index is 12.5. The van der Waals surface area contributed by atoms with E-state index in [1.807, 2.05) is 53.1 Å². The number of nitrogens with one attached hydrogen (secondary N) is 2. The van der Waals surface area contributed by atoms with Crippen LogP contribution in [0.2, 0.25) is 0 Å². The van der Waals surface area contributed by atoms with Crippen LogP contribution in [0, 0.1) is 0 Å². The fourth-order valence-corrected chi connectivity index (χ4v) is 2.40. The van der Waals surface area contributed by atoms with E-state index >= 15 is 0 Å². The number of anilines is 1. The number of carbonyl (C=O) groups is 1. The van der Waals surface area contributed by atoms with Crippen LogP contribution < -0.4 is 15.4 Å². The van der Waals surface area contributed by atoms with Crippen LogP contribution in [-0.4, -0.2) is 56.1 Å². The first-order valence-electron chi connectivity index (χ1n) is 7.78. The Morgan fingerprint density at radius 3 is 2.86 bits per heavy atom. The number of hydrogen-bond acceptors (Lipinski definition) is 5. The molecule has 5 heteroatoms. The number of benzene rings is 1. The molecule has 2 rings (SSSR count). The molecule has 0 spiro atoms. The lowest BCUT2D eigenvalue weighted by molar-refractivity contribution is 0.0949. The quantitative estimate of drug-likeness (QED) is 0.787. The van der Waals surface area contributed by atoms with Gasteiger partial charge < -0.3 is 20.3 Å². The average Bonchev–Trinajstić information content (AvgIpc) is 2.44. The Morgan fingerprint density at radius 2 is 2.18 bits per heavy atom. The Morgan fingerprint density at radius 1 is 1.45 bits per heavy atom. The lowest BCUT2D eigenvalue weighted by Crippen LogP contribution is -2.40. The molecule has 1 aromatic carbocycles. The summed E-state index contributed by atoms with van der Waals surface area (Å²) in [5.41, 5.74) is 1.38. The van der Waals surface area contributed by atoms with E-state index in [4.69, 9.17) is 4.74 Å². The molecule has 1 aromatic rings. The van der Waals surface area contributed by atoms with Gasteiger partial charge in [0.2, 0.25) is 0 Å². The van der Waals surface area contributed by atoms with Crippen molar-refractivity contribution in [2.75, 3.05) is 39.0 Å². The summed E-state index contributed by atoms with van der Waals surface area (Å²) in [5, 5.41) is 6.60. The van der Waals surface area contributed by atoms with Crippen LogP contribution in [0.3, 0.4) is 0 Å². The van der Waals surface area contributed by atoms with Crippen molar-refractivity contribution in [3.05, 3.63) is 23.8 Å². The normalized spacial score (nSPS) is 17.4. The predicted octanol–water partition coefficient (Wildman–Crippen LogP) is 1.99. The van der Waals surface area contributed by atoms with Gasteiger partial charge in [-0.05, 0) is 53.1 Å². The molecule has 1 aliphatic heterocycles. The minimum atomic E-state index is -0.223. The molecule has 0 aliphatic carbocycles. The van der Waals surface area contributed by atoms with E-state index in [-0.39, 0.29) is 17.4 Å². The largest absolute Gasteiger partial charge is 0.484 e. The van der Waals surface area contributed by atoms with E-state index in [1.54, 1.807) is 0 Å². The molecular weight excluding hydrogens is 278 g/mol. The van der Waals surface area contributed by atoms with Crippen LogP contribution in [0.4, 0.5) is 5.69 Å². The summed E-state index contributed by atoms with van der Waals surface area (Å²) in [5.74, 6) is 0.911. The Kier molecular flexibility index (Phi) is 5.08. The summed E-state index contributed by atoms with van der Waals surface area (Å²) in [6, 6.07) is 5.41. The SMILES string of the molecule is CC(NCCN(C)C)C(=O)c1ccc2c(c1)NCC(C)(C)O2. The second-order valence-corrected chi connectivity index (χ2v) is 6.77. The highest BCUT2D eigenvalue weighted by Gasteiger charge is 2.27. The summed E-state index contributed by atoms with van der Waals surface area (Å²) < 4.78 is 5.91. The van der Waals surface area contributed by atoms with Gasteiger partial charge in [0.15, 0.2) is 5.78 Å². The third-order valence-corrected chi connectivity index (χ3v) is 3.76. The van der Waals surface area contributed by atoms with Crippen LogP contribution in [0.1, 0.15) is 31.1 Å². The topological polar surface area (TPSA) is 53.6 Å². The van der Waals surface area contributed by atoms with Gasteiger partial charge in [-0.25, -0.2) is 0 Å². The molecular formula is C17H27N3O2. The number of rotatable bonds is 6. The van der Waals surface area contributed by atoms with Gasteiger partial charge in [0.05, 0.1) is 18.3 Å². The van der Waals surface area contributed by atoms with E-state index in [0.717, 1.165) is 31.1 Å². The van der Waals surface area contributed by atoms with Crippen molar-refractivity contribution in [3.8, 4) is 5.75 Å². The Labute approximate surface area is 133 Å². The summed E-state index contributed by atoms with van der Waals surface area (Å²) >= 11 is 0. The molecule has 1 unspecified atom stereocenters. The second kappa shape index (κ2) is 6.67. The number of likely N-dealkylation sites (N-methyl/N-ethyl adjacent to an activating group) is 1. The Bertz CT molecular complexity index is 541. The van der Waals surface area contributed by atoms with Crippen molar-refractivity contribution in [1.29, 1.82) is 0 Å². The van der Waals surface area contributed by atoms with Crippen molar-refractivity contribution < 1.29 is 9.53 Å². The third kappa shape index (κ3) is 4.21. The Balaban J connectivity index is 2.02. The molecule has 122 valence electrons. The molecule has 1 heterocycles. The van der Waals surface area contributed by atoms with Gasteiger partial charge in [0.1, 0.15) is 11.4 Å². The van der Waals surface area contributed by atoms with Crippen LogP contribution in [0.15, 0.2) is 18.2 Å². The van der Waals surface area contributed by atoms with Crippen molar-refractivity contribution in [2.24, 2.45) is 0 Å². The van der Waals surface area contributed by atoms with Gasteiger partial charge in [-0.15, -0.1) is 0 Å². The second-order valence-electron chi connectivity index (χ2n) is 6.77. The van der Waals surface area contributed by atoms with E-state index in [0.29, 0.717) is 5.56 Å². The molecule has 0 saturated carbocycles. The summed E-state index contributed by atoms with van der Waals surface area (Å²) in [7, 11) is 4.04. The fraction of sp³-hybridized carbons (Fsp3) is 0.588. The van der Waals surface area contributed by atoms with E-state index in [9.17, 15) is 4.79 Å². The van der Waals surface area contributed by atoms with E-state index in [1.165, 1.54) is 0 Å². The first-order chi connectivity index (χ1) is 10.3. The lowest BCUT2D eigenvalue weighted by atomic mass is 10.0. The predicted molar refractivity (Wildman–Crippen MR) is 90.0 cm³/mol. The maximum Gasteiger partial charge on any atom is 0.179 e. The van der Waals surface area contributed by atoms with E-state index in [2.05, 4.69) is 15.5 Å². The summed E-state index contributed by atoms with van der Waals surface area (Å²) in [6.07, 6.45) is 0. The van der Waals surface area contributed by atoms with Gasteiger partial charge >= 0.3 is 0 Å². The summed E-state index contributed by atoms with van der Waals surface area (Å²) in [4.78, 5) is 14.6. The fourth-order valence-electron chi connectivity index (χ4n) is 2.40. The number of hydrogen-bond donors (Lipinski definition) is 2. The number of nitrogens with zero attached hydrogens (tertiary/aromatic N) is 1. The molecule has 0 radical (unpaired) electrons. The van der Waals surface area contributed by atoms with Gasteiger partial charge in [0.25, 0.3) is 0 Å². The molecule has 0 saturated heterocycles. The zero-order valence-corrected chi connectivity index (χ0v) is 14.2. The molecule has 0 bridgehead atoms. The van der Waals surface area contributed by atoms with E-state index < -0.39 is 0 Å². The molecule has 0 aromatic heterocycles. The zero-order valence-electron chi connectivity index (χ0n) is 14.2. The minimum Gasteiger partial charge on any atom is -0.484 e. The standard InChI is InChI=1S/C17H27N3O2/c1-12(18-8-9-20(4)5)16(21)13-6-7-15-14(10-13)19-11-17(2,3)22-15/h6-7,10,12,18-19H,8-9,11H2,1-5H3. The lowest BCUT2D eigenvalue weighted by Gasteiger charge is -2.33. The summed E-state index contributed by atoms with van der Waals surface area (Å²) in [6.45, 7) is 8.42.